The molecular formula is C13H11FN2O3S. The van der Waals surface area contributed by atoms with Crippen molar-refractivity contribution in [3.63, 3.8) is 0 Å². The summed E-state index contributed by atoms with van der Waals surface area (Å²) in [7, 11) is 0. The molecule has 0 saturated carbocycles. The summed E-state index contributed by atoms with van der Waals surface area (Å²) < 4.78 is 12.9. The standard InChI is InChI=1S/C13H11FN2O3S/c14-9-3-1-2-8(6-9)7-15-13(19)16-11-10(12(17)18)4-5-20-11/h1-6H,7H2,(H,17,18)(H2,15,16,19). The Labute approximate surface area is 118 Å². The number of anilines is 1. The first-order chi connectivity index (χ1) is 9.56. The van der Waals surface area contributed by atoms with Crippen molar-refractivity contribution in [1.82, 2.24) is 5.32 Å². The average molecular weight is 294 g/mol. The van der Waals surface area contributed by atoms with E-state index in [0.29, 0.717) is 5.56 Å². The number of thiophene rings is 1. The second-order valence-corrected chi connectivity index (χ2v) is 4.82. The van der Waals surface area contributed by atoms with Crippen molar-refractivity contribution >= 4 is 28.3 Å². The van der Waals surface area contributed by atoms with Crippen LogP contribution >= 0.6 is 11.3 Å². The van der Waals surface area contributed by atoms with Gasteiger partial charge in [-0.05, 0) is 29.1 Å². The highest BCUT2D eigenvalue weighted by atomic mass is 32.1. The number of urea groups is 1. The summed E-state index contributed by atoms with van der Waals surface area (Å²) in [5.41, 5.74) is 0.653. The summed E-state index contributed by atoms with van der Waals surface area (Å²) >= 11 is 1.12. The van der Waals surface area contributed by atoms with Crippen LogP contribution in [-0.2, 0) is 6.54 Å². The highest BCUT2D eigenvalue weighted by Crippen LogP contribution is 2.22. The fourth-order valence-corrected chi connectivity index (χ4v) is 2.33. The van der Waals surface area contributed by atoms with Crippen LogP contribution in [0.15, 0.2) is 35.7 Å². The lowest BCUT2D eigenvalue weighted by Crippen LogP contribution is -2.28. The first kappa shape index (κ1) is 14.0. The molecule has 1 heterocycles. The topological polar surface area (TPSA) is 78.4 Å². The van der Waals surface area contributed by atoms with Crippen molar-refractivity contribution in [2.45, 2.75) is 6.54 Å². The lowest BCUT2D eigenvalue weighted by Gasteiger charge is -2.07. The van der Waals surface area contributed by atoms with Crippen LogP contribution < -0.4 is 10.6 Å². The Hall–Kier alpha value is -2.41. The number of carbonyl (C=O) groups is 2. The predicted molar refractivity (Wildman–Crippen MR) is 73.5 cm³/mol. The van der Waals surface area contributed by atoms with Gasteiger partial charge in [-0.3, -0.25) is 5.32 Å². The van der Waals surface area contributed by atoms with E-state index in [9.17, 15) is 14.0 Å². The molecule has 0 saturated heterocycles. The van der Waals surface area contributed by atoms with E-state index in [2.05, 4.69) is 10.6 Å². The number of aromatic carboxylic acids is 1. The SMILES string of the molecule is O=C(NCc1cccc(F)c1)Nc1sccc1C(=O)O. The van der Waals surface area contributed by atoms with Crippen molar-refractivity contribution in [1.29, 1.82) is 0 Å². The zero-order chi connectivity index (χ0) is 14.5. The molecule has 3 N–H and O–H groups in total. The molecule has 2 amide bonds. The molecule has 0 radical (unpaired) electrons. The monoisotopic (exact) mass is 294 g/mol. The number of halogens is 1. The smallest absolute Gasteiger partial charge is 0.338 e. The molecule has 0 aliphatic carbocycles. The summed E-state index contributed by atoms with van der Waals surface area (Å²) in [6.45, 7) is 0.150. The molecule has 2 aromatic rings. The van der Waals surface area contributed by atoms with Crippen LogP contribution in [0, 0.1) is 5.82 Å². The Bertz CT molecular complexity index is 642. The lowest BCUT2D eigenvalue weighted by molar-refractivity contribution is 0.0698. The summed E-state index contributed by atoms with van der Waals surface area (Å²) in [5, 5.41) is 15.7. The maximum Gasteiger partial charge on any atom is 0.338 e. The molecule has 0 aliphatic rings. The van der Waals surface area contributed by atoms with E-state index in [1.165, 1.54) is 18.2 Å². The number of rotatable bonds is 4. The number of hydrogen-bond acceptors (Lipinski definition) is 3. The van der Waals surface area contributed by atoms with Crippen molar-refractivity contribution in [2.24, 2.45) is 0 Å². The van der Waals surface area contributed by atoms with E-state index >= 15 is 0 Å². The summed E-state index contributed by atoms with van der Waals surface area (Å²) in [5.74, 6) is -1.48. The first-order valence-electron chi connectivity index (χ1n) is 5.66. The molecule has 2 rings (SSSR count). The summed E-state index contributed by atoms with van der Waals surface area (Å²) in [6.07, 6.45) is 0. The molecule has 104 valence electrons. The molecule has 0 spiro atoms. The van der Waals surface area contributed by atoms with Gasteiger partial charge in [0.15, 0.2) is 0 Å². The molecule has 0 atom stereocenters. The first-order valence-corrected chi connectivity index (χ1v) is 6.54. The number of benzene rings is 1. The molecule has 1 aromatic heterocycles. The third kappa shape index (κ3) is 3.55. The lowest BCUT2D eigenvalue weighted by atomic mass is 10.2. The van der Waals surface area contributed by atoms with E-state index < -0.39 is 12.0 Å². The van der Waals surface area contributed by atoms with Crippen LogP contribution in [0.25, 0.3) is 0 Å². The van der Waals surface area contributed by atoms with Gasteiger partial charge >= 0.3 is 12.0 Å². The Morgan fingerprint density at radius 3 is 2.80 bits per heavy atom. The number of carboxylic acid groups (broad SMARTS) is 1. The Balaban J connectivity index is 1.93. The number of amides is 2. The third-order valence-electron chi connectivity index (χ3n) is 2.46. The van der Waals surface area contributed by atoms with Crippen LogP contribution in [0.3, 0.4) is 0 Å². The Morgan fingerprint density at radius 2 is 2.10 bits per heavy atom. The van der Waals surface area contributed by atoms with Gasteiger partial charge in [0.1, 0.15) is 10.8 Å². The van der Waals surface area contributed by atoms with Crippen LogP contribution in [0.5, 0.6) is 0 Å². The highest BCUT2D eigenvalue weighted by molar-refractivity contribution is 7.14. The van der Waals surface area contributed by atoms with Gasteiger partial charge in [-0.25, -0.2) is 14.0 Å². The van der Waals surface area contributed by atoms with E-state index in [-0.39, 0.29) is 22.9 Å². The van der Waals surface area contributed by atoms with Crippen molar-refractivity contribution in [3.05, 3.63) is 52.7 Å². The number of carbonyl (C=O) groups excluding carboxylic acids is 1. The predicted octanol–water partition coefficient (Wildman–Crippen LogP) is 2.91. The minimum absolute atomic E-state index is 0.0379. The van der Waals surface area contributed by atoms with Crippen molar-refractivity contribution in [2.75, 3.05) is 5.32 Å². The second-order valence-electron chi connectivity index (χ2n) is 3.91. The zero-order valence-electron chi connectivity index (χ0n) is 10.2. The van der Waals surface area contributed by atoms with Gasteiger partial charge in [-0.1, -0.05) is 12.1 Å². The molecule has 5 nitrogen and oxygen atoms in total. The van der Waals surface area contributed by atoms with Crippen molar-refractivity contribution < 1.29 is 19.1 Å². The van der Waals surface area contributed by atoms with E-state index in [1.807, 2.05) is 0 Å². The Kier molecular flexibility index (Phi) is 4.31. The van der Waals surface area contributed by atoms with Gasteiger partial charge < -0.3 is 10.4 Å². The molecule has 0 unspecified atom stereocenters. The molecule has 0 aliphatic heterocycles. The summed E-state index contributed by atoms with van der Waals surface area (Å²) in [4.78, 5) is 22.5. The molecular weight excluding hydrogens is 283 g/mol. The summed E-state index contributed by atoms with van der Waals surface area (Å²) in [6, 6.07) is 6.72. The van der Waals surface area contributed by atoms with E-state index in [0.717, 1.165) is 11.3 Å². The molecule has 7 heteroatoms. The maximum absolute atomic E-state index is 12.9. The molecule has 20 heavy (non-hydrogen) atoms. The third-order valence-corrected chi connectivity index (χ3v) is 3.29. The van der Waals surface area contributed by atoms with Crippen LogP contribution in [-0.4, -0.2) is 17.1 Å². The van der Waals surface area contributed by atoms with Crippen molar-refractivity contribution in [3.8, 4) is 0 Å². The number of nitrogens with one attached hydrogen (secondary N) is 2. The van der Waals surface area contributed by atoms with Gasteiger partial charge in [0.05, 0.1) is 5.56 Å². The number of carboxylic acids is 1. The van der Waals surface area contributed by atoms with Gasteiger partial charge in [-0.2, -0.15) is 0 Å². The van der Waals surface area contributed by atoms with Crippen LogP contribution in [0.4, 0.5) is 14.2 Å². The van der Waals surface area contributed by atoms with Crippen LogP contribution in [0.1, 0.15) is 15.9 Å². The minimum atomic E-state index is -1.10. The minimum Gasteiger partial charge on any atom is -0.478 e. The normalized spacial score (nSPS) is 10.1. The zero-order valence-corrected chi connectivity index (χ0v) is 11.0. The van der Waals surface area contributed by atoms with E-state index in [4.69, 9.17) is 5.11 Å². The maximum atomic E-state index is 12.9. The molecule has 0 bridgehead atoms. The molecule has 0 fully saturated rings. The fourth-order valence-electron chi connectivity index (χ4n) is 1.55. The highest BCUT2D eigenvalue weighted by Gasteiger charge is 2.13. The quantitative estimate of drug-likeness (QED) is 0.811. The fraction of sp³-hybridized carbons (Fsp3) is 0.0769. The molecule has 1 aromatic carbocycles. The van der Waals surface area contributed by atoms with Gasteiger partial charge in [0.2, 0.25) is 0 Å². The van der Waals surface area contributed by atoms with Gasteiger partial charge in [0, 0.05) is 6.54 Å². The van der Waals surface area contributed by atoms with Gasteiger partial charge in [-0.15, -0.1) is 11.3 Å². The van der Waals surface area contributed by atoms with E-state index in [1.54, 1.807) is 17.5 Å². The second kappa shape index (κ2) is 6.16. The van der Waals surface area contributed by atoms with Gasteiger partial charge in [0.25, 0.3) is 0 Å². The number of hydrogen-bond donors (Lipinski definition) is 3. The van der Waals surface area contributed by atoms with Crippen LogP contribution in [0.2, 0.25) is 0 Å². The largest absolute Gasteiger partial charge is 0.478 e. The Morgan fingerprint density at radius 1 is 1.30 bits per heavy atom. The average Bonchev–Trinajstić information content (AvgIpc) is 2.85.